The number of carbonyl (C=O) groups excluding carboxylic acids is 2. The smallest absolute Gasteiger partial charge is 0.274 e. The van der Waals surface area contributed by atoms with Gasteiger partial charge in [-0.25, -0.2) is 4.98 Å². The van der Waals surface area contributed by atoms with Crippen LogP contribution in [0.15, 0.2) is 36.5 Å². The SMILES string of the molecule is CC(=O)N1CCN(c2ccc(C(=O)Nc3cc(Cl)cc(Cl)c3)nc2)CC1. The number of benzene rings is 1. The van der Waals surface area contributed by atoms with E-state index in [2.05, 4.69) is 15.2 Å². The van der Waals surface area contributed by atoms with Gasteiger partial charge in [-0.15, -0.1) is 0 Å². The molecule has 1 N–H and O–H groups in total. The monoisotopic (exact) mass is 392 g/mol. The molecule has 1 aromatic heterocycles. The zero-order chi connectivity index (χ0) is 18.7. The molecule has 136 valence electrons. The second kappa shape index (κ2) is 7.93. The Balaban J connectivity index is 1.64. The molecule has 0 radical (unpaired) electrons. The molecule has 6 nitrogen and oxygen atoms in total. The molecular weight excluding hydrogens is 375 g/mol. The highest BCUT2D eigenvalue weighted by Crippen LogP contribution is 2.23. The average molecular weight is 393 g/mol. The van der Waals surface area contributed by atoms with E-state index in [1.54, 1.807) is 37.4 Å². The minimum Gasteiger partial charge on any atom is -0.367 e. The van der Waals surface area contributed by atoms with E-state index < -0.39 is 0 Å². The first kappa shape index (κ1) is 18.5. The first-order chi connectivity index (χ1) is 12.4. The summed E-state index contributed by atoms with van der Waals surface area (Å²) in [6.07, 6.45) is 1.67. The third kappa shape index (κ3) is 4.45. The average Bonchev–Trinajstić information content (AvgIpc) is 2.61. The van der Waals surface area contributed by atoms with Gasteiger partial charge in [-0.3, -0.25) is 9.59 Å². The van der Waals surface area contributed by atoms with Gasteiger partial charge in [0.15, 0.2) is 0 Å². The molecule has 1 aromatic carbocycles. The fourth-order valence-electron chi connectivity index (χ4n) is 2.81. The van der Waals surface area contributed by atoms with E-state index in [1.807, 2.05) is 11.0 Å². The maximum absolute atomic E-state index is 12.3. The summed E-state index contributed by atoms with van der Waals surface area (Å²) in [7, 11) is 0. The minimum absolute atomic E-state index is 0.0934. The highest BCUT2D eigenvalue weighted by molar-refractivity contribution is 6.35. The van der Waals surface area contributed by atoms with Crippen molar-refractivity contribution in [2.75, 3.05) is 36.4 Å². The lowest BCUT2D eigenvalue weighted by Gasteiger charge is -2.35. The highest BCUT2D eigenvalue weighted by Gasteiger charge is 2.19. The topological polar surface area (TPSA) is 65.5 Å². The zero-order valence-corrected chi connectivity index (χ0v) is 15.7. The van der Waals surface area contributed by atoms with Gasteiger partial charge in [0.25, 0.3) is 5.91 Å². The molecule has 2 heterocycles. The largest absolute Gasteiger partial charge is 0.367 e. The van der Waals surface area contributed by atoms with Gasteiger partial charge in [-0.1, -0.05) is 23.2 Å². The lowest BCUT2D eigenvalue weighted by atomic mass is 10.2. The van der Waals surface area contributed by atoms with Crippen LogP contribution in [0.4, 0.5) is 11.4 Å². The quantitative estimate of drug-likeness (QED) is 0.869. The number of aromatic nitrogens is 1. The summed E-state index contributed by atoms with van der Waals surface area (Å²) >= 11 is 11.9. The lowest BCUT2D eigenvalue weighted by molar-refractivity contribution is -0.129. The minimum atomic E-state index is -0.337. The molecule has 8 heteroatoms. The summed E-state index contributed by atoms with van der Waals surface area (Å²) < 4.78 is 0. The zero-order valence-electron chi connectivity index (χ0n) is 14.2. The number of carbonyl (C=O) groups is 2. The van der Waals surface area contributed by atoms with Gasteiger partial charge in [0, 0.05) is 48.8 Å². The Morgan fingerprint density at radius 2 is 1.69 bits per heavy atom. The van der Waals surface area contributed by atoms with Crippen molar-refractivity contribution in [3.05, 3.63) is 52.3 Å². The second-order valence-electron chi connectivity index (χ2n) is 6.01. The number of pyridine rings is 1. The lowest BCUT2D eigenvalue weighted by Crippen LogP contribution is -2.48. The van der Waals surface area contributed by atoms with Gasteiger partial charge >= 0.3 is 0 Å². The fourth-order valence-corrected chi connectivity index (χ4v) is 3.33. The van der Waals surface area contributed by atoms with Gasteiger partial charge in [0.2, 0.25) is 5.91 Å². The summed E-state index contributed by atoms with van der Waals surface area (Å²) in [4.78, 5) is 31.9. The Labute approximate surface area is 161 Å². The highest BCUT2D eigenvalue weighted by atomic mass is 35.5. The first-order valence-electron chi connectivity index (χ1n) is 8.16. The molecule has 3 rings (SSSR count). The number of hydrogen-bond acceptors (Lipinski definition) is 4. The van der Waals surface area contributed by atoms with Crippen LogP contribution in [0.3, 0.4) is 0 Å². The normalized spacial score (nSPS) is 14.3. The van der Waals surface area contributed by atoms with Crippen molar-refractivity contribution in [2.45, 2.75) is 6.92 Å². The van der Waals surface area contributed by atoms with E-state index in [9.17, 15) is 9.59 Å². The number of halogens is 2. The van der Waals surface area contributed by atoms with Crippen LogP contribution >= 0.6 is 23.2 Å². The molecule has 0 unspecified atom stereocenters. The first-order valence-corrected chi connectivity index (χ1v) is 8.92. The number of anilines is 2. The predicted octanol–water partition coefficient (Wildman–Crippen LogP) is 3.31. The molecule has 0 saturated carbocycles. The maximum Gasteiger partial charge on any atom is 0.274 e. The van der Waals surface area contributed by atoms with E-state index in [4.69, 9.17) is 23.2 Å². The molecule has 1 fully saturated rings. The van der Waals surface area contributed by atoms with Crippen LogP contribution in [-0.4, -0.2) is 47.9 Å². The summed E-state index contributed by atoms with van der Waals surface area (Å²) in [6, 6.07) is 8.37. The standard InChI is InChI=1S/C18H18Cl2N4O2/c1-12(25)23-4-6-24(7-5-23)16-2-3-17(21-11-16)18(26)22-15-9-13(19)8-14(20)10-15/h2-3,8-11H,4-7H2,1H3,(H,22,26). The molecule has 2 amide bonds. The molecule has 1 aliphatic heterocycles. The van der Waals surface area contributed by atoms with Gasteiger partial charge in [0.1, 0.15) is 5.69 Å². The van der Waals surface area contributed by atoms with Gasteiger partial charge < -0.3 is 15.1 Å². The Bertz CT molecular complexity index is 798. The Morgan fingerprint density at radius 1 is 1.04 bits per heavy atom. The van der Waals surface area contributed by atoms with Crippen molar-refractivity contribution in [2.24, 2.45) is 0 Å². The molecule has 2 aromatic rings. The van der Waals surface area contributed by atoms with Gasteiger partial charge in [-0.2, -0.15) is 0 Å². The Hall–Kier alpha value is -2.31. The molecule has 0 spiro atoms. The summed E-state index contributed by atoms with van der Waals surface area (Å²) in [5, 5.41) is 3.62. The van der Waals surface area contributed by atoms with Crippen molar-refractivity contribution in [3.8, 4) is 0 Å². The van der Waals surface area contributed by atoms with Crippen LogP contribution in [0.2, 0.25) is 10.0 Å². The van der Waals surface area contributed by atoms with Crippen molar-refractivity contribution in [1.82, 2.24) is 9.88 Å². The number of rotatable bonds is 3. The van der Waals surface area contributed by atoms with Crippen molar-refractivity contribution < 1.29 is 9.59 Å². The summed E-state index contributed by atoms with van der Waals surface area (Å²) in [5.74, 6) is -0.243. The number of hydrogen-bond donors (Lipinski definition) is 1. The number of amides is 2. The van der Waals surface area contributed by atoms with E-state index in [0.717, 1.165) is 18.8 Å². The Kier molecular flexibility index (Phi) is 5.64. The van der Waals surface area contributed by atoms with Gasteiger partial charge in [0.05, 0.1) is 11.9 Å². The fraction of sp³-hybridized carbons (Fsp3) is 0.278. The van der Waals surface area contributed by atoms with Crippen molar-refractivity contribution >= 4 is 46.4 Å². The van der Waals surface area contributed by atoms with Crippen LogP contribution < -0.4 is 10.2 Å². The molecule has 0 aliphatic carbocycles. The van der Waals surface area contributed by atoms with Crippen LogP contribution in [0.5, 0.6) is 0 Å². The van der Waals surface area contributed by atoms with E-state index in [0.29, 0.717) is 34.5 Å². The van der Waals surface area contributed by atoms with Crippen LogP contribution in [-0.2, 0) is 4.79 Å². The summed E-state index contributed by atoms with van der Waals surface area (Å²) in [6.45, 7) is 4.44. The molecule has 1 aliphatic rings. The third-order valence-corrected chi connectivity index (χ3v) is 4.63. The maximum atomic E-state index is 12.3. The second-order valence-corrected chi connectivity index (χ2v) is 6.88. The molecule has 0 bridgehead atoms. The Morgan fingerprint density at radius 3 is 2.23 bits per heavy atom. The molecule has 0 atom stereocenters. The van der Waals surface area contributed by atoms with Crippen molar-refractivity contribution in [1.29, 1.82) is 0 Å². The third-order valence-electron chi connectivity index (χ3n) is 4.19. The molecule has 26 heavy (non-hydrogen) atoms. The van der Waals surface area contributed by atoms with Crippen LogP contribution in [0.1, 0.15) is 17.4 Å². The van der Waals surface area contributed by atoms with Gasteiger partial charge in [-0.05, 0) is 30.3 Å². The number of nitrogens with zero attached hydrogens (tertiary/aromatic N) is 3. The summed E-state index contributed by atoms with van der Waals surface area (Å²) in [5.41, 5.74) is 1.74. The molecule has 1 saturated heterocycles. The van der Waals surface area contributed by atoms with Crippen LogP contribution in [0, 0.1) is 0 Å². The van der Waals surface area contributed by atoms with E-state index in [-0.39, 0.29) is 11.8 Å². The molecular formula is C18H18Cl2N4O2. The van der Waals surface area contributed by atoms with Crippen LogP contribution in [0.25, 0.3) is 0 Å². The van der Waals surface area contributed by atoms with E-state index in [1.165, 1.54) is 0 Å². The van der Waals surface area contributed by atoms with E-state index >= 15 is 0 Å². The number of nitrogens with one attached hydrogen (secondary N) is 1. The predicted molar refractivity (Wildman–Crippen MR) is 103 cm³/mol. The number of piperazine rings is 1. The van der Waals surface area contributed by atoms with Crippen molar-refractivity contribution in [3.63, 3.8) is 0 Å².